The number of fused-ring (bicyclic) bond motifs is 2. The fourth-order valence-electron chi connectivity index (χ4n) is 1.99. The molecule has 88 valence electrons. The summed E-state index contributed by atoms with van der Waals surface area (Å²) < 4.78 is 1.34. The highest BCUT2D eigenvalue weighted by atomic mass is 32.1. The summed E-state index contributed by atoms with van der Waals surface area (Å²) in [5.74, 6) is -1.01. The second-order valence-electron chi connectivity index (χ2n) is 3.91. The van der Waals surface area contributed by atoms with E-state index in [0.29, 0.717) is 15.5 Å². The van der Waals surface area contributed by atoms with Gasteiger partial charge in [-0.1, -0.05) is 18.2 Å². The minimum absolute atomic E-state index is 0.109. The molecule has 3 aromatic rings. The molecule has 0 saturated heterocycles. The van der Waals surface area contributed by atoms with Crippen LogP contribution >= 0.6 is 11.3 Å². The van der Waals surface area contributed by atoms with Crippen LogP contribution in [0.3, 0.4) is 0 Å². The number of carboxylic acids is 1. The van der Waals surface area contributed by atoms with E-state index in [9.17, 15) is 9.59 Å². The van der Waals surface area contributed by atoms with Crippen molar-refractivity contribution in [3.8, 4) is 0 Å². The Balaban J connectivity index is 2.60. The molecule has 0 spiro atoms. The lowest BCUT2D eigenvalue weighted by Crippen LogP contribution is -2.04. The second kappa shape index (κ2) is 3.92. The molecule has 1 heterocycles. The number of rotatable bonds is 1. The number of hydrogen-bond donors (Lipinski definition) is 1. The van der Waals surface area contributed by atoms with Gasteiger partial charge in [0.1, 0.15) is 0 Å². The molecular weight excluding hydrogens is 248 g/mol. The summed E-state index contributed by atoms with van der Waals surface area (Å²) in [4.78, 5) is 23.4. The van der Waals surface area contributed by atoms with Gasteiger partial charge < -0.3 is 5.11 Å². The van der Waals surface area contributed by atoms with E-state index in [-0.39, 0.29) is 11.0 Å². The first kappa shape index (κ1) is 10.9. The first-order valence-electron chi connectivity index (χ1n) is 5.36. The zero-order valence-electron chi connectivity index (χ0n) is 9.21. The van der Waals surface area contributed by atoms with Crippen LogP contribution < -0.4 is 5.43 Å². The number of carboxylic acid groups (broad SMARTS) is 1. The Morgan fingerprint density at radius 3 is 2.50 bits per heavy atom. The lowest BCUT2D eigenvalue weighted by molar-refractivity contribution is 0.0699. The van der Waals surface area contributed by atoms with Gasteiger partial charge in [-0.15, -0.1) is 11.3 Å². The molecular formula is C14H8O3S. The standard InChI is InChI=1S/C14H8O3S/c15-12-8-4-1-2-7-11(8)18-13-9(12)5-3-6-10(13)14(16)17/h1-7H,(H,16,17). The molecule has 0 atom stereocenters. The van der Waals surface area contributed by atoms with Gasteiger partial charge in [0.15, 0.2) is 5.43 Å². The summed E-state index contributed by atoms with van der Waals surface area (Å²) >= 11 is 1.34. The minimum Gasteiger partial charge on any atom is -0.478 e. The molecule has 3 nitrogen and oxygen atoms in total. The maximum atomic E-state index is 12.3. The average Bonchev–Trinajstić information content (AvgIpc) is 2.38. The summed E-state index contributed by atoms with van der Waals surface area (Å²) in [6.45, 7) is 0. The van der Waals surface area contributed by atoms with Crippen LogP contribution in [0, 0.1) is 0 Å². The van der Waals surface area contributed by atoms with Gasteiger partial charge in [-0.25, -0.2) is 4.79 Å². The summed E-state index contributed by atoms with van der Waals surface area (Å²) in [5.41, 5.74) is 0.0720. The number of hydrogen-bond acceptors (Lipinski definition) is 3. The Labute approximate surface area is 106 Å². The molecule has 0 aliphatic carbocycles. The maximum absolute atomic E-state index is 12.3. The van der Waals surface area contributed by atoms with Crippen molar-refractivity contribution in [2.75, 3.05) is 0 Å². The zero-order valence-corrected chi connectivity index (χ0v) is 10.0. The lowest BCUT2D eigenvalue weighted by atomic mass is 10.1. The van der Waals surface area contributed by atoms with E-state index in [4.69, 9.17) is 5.11 Å². The van der Waals surface area contributed by atoms with Gasteiger partial charge >= 0.3 is 5.97 Å². The summed E-state index contributed by atoms with van der Waals surface area (Å²) in [6, 6.07) is 12.1. The summed E-state index contributed by atoms with van der Waals surface area (Å²) in [6.07, 6.45) is 0. The molecule has 0 amide bonds. The van der Waals surface area contributed by atoms with Crippen molar-refractivity contribution in [2.24, 2.45) is 0 Å². The largest absolute Gasteiger partial charge is 0.478 e. The molecule has 3 rings (SSSR count). The molecule has 0 aliphatic heterocycles. The third-order valence-electron chi connectivity index (χ3n) is 2.83. The third kappa shape index (κ3) is 1.50. The first-order chi connectivity index (χ1) is 8.68. The predicted octanol–water partition coefficient (Wildman–Crippen LogP) is 3.11. The van der Waals surface area contributed by atoms with Crippen molar-refractivity contribution in [3.63, 3.8) is 0 Å². The van der Waals surface area contributed by atoms with E-state index >= 15 is 0 Å². The summed E-state index contributed by atoms with van der Waals surface area (Å²) in [7, 11) is 0. The zero-order chi connectivity index (χ0) is 12.7. The molecule has 1 aromatic heterocycles. The monoisotopic (exact) mass is 256 g/mol. The van der Waals surface area contributed by atoms with Crippen LogP contribution in [-0.2, 0) is 0 Å². The highest BCUT2D eigenvalue weighted by Crippen LogP contribution is 2.27. The highest BCUT2D eigenvalue weighted by molar-refractivity contribution is 7.24. The van der Waals surface area contributed by atoms with E-state index in [1.807, 2.05) is 18.2 Å². The molecule has 0 radical (unpaired) electrons. The van der Waals surface area contributed by atoms with Crippen LogP contribution in [0.15, 0.2) is 47.3 Å². The van der Waals surface area contributed by atoms with Crippen LogP contribution in [0.25, 0.3) is 20.2 Å². The smallest absolute Gasteiger partial charge is 0.337 e. The van der Waals surface area contributed by atoms with Gasteiger partial charge in [-0.05, 0) is 24.3 Å². The third-order valence-corrected chi connectivity index (χ3v) is 4.05. The topological polar surface area (TPSA) is 54.4 Å². The van der Waals surface area contributed by atoms with Crippen molar-refractivity contribution in [3.05, 3.63) is 58.3 Å². The Morgan fingerprint density at radius 1 is 1.00 bits per heavy atom. The Bertz CT molecular complexity index is 833. The molecule has 1 N–H and O–H groups in total. The molecule has 0 unspecified atom stereocenters. The molecule has 4 heteroatoms. The van der Waals surface area contributed by atoms with E-state index in [1.165, 1.54) is 17.4 Å². The fourth-order valence-corrected chi connectivity index (χ4v) is 3.17. The quantitative estimate of drug-likeness (QED) is 0.680. The number of carbonyl (C=O) groups is 1. The molecule has 0 bridgehead atoms. The van der Waals surface area contributed by atoms with Gasteiger partial charge in [-0.3, -0.25) is 4.79 Å². The van der Waals surface area contributed by atoms with Gasteiger partial charge in [0, 0.05) is 15.5 Å². The maximum Gasteiger partial charge on any atom is 0.337 e. The highest BCUT2D eigenvalue weighted by Gasteiger charge is 2.12. The van der Waals surface area contributed by atoms with E-state index in [2.05, 4.69) is 0 Å². The van der Waals surface area contributed by atoms with Crippen molar-refractivity contribution < 1.29 is 9.90 Å². The summed E-state index contributed by atoms with van der Waals surface area (Å²) in [5, 5.41) is 10.3. The predicted molar refractivity (Wildman–Crippen MR) is 72.6 cm³/mol. The van der Waals surface area contributed by atoms with Crippen LogP contribution in [0.4, 0.5) is 0 Å². The van der Waals surface area contributed by atoms with Crippen LogP contribution in [0.5, 0.6) is 0 Å². The van der Waals surface area contributed by atoms with Crippen molar-refractivity contribution >= 4 is 37.5 Å². The van der Waals surface area contributed by atoms with Crippen LogP contribution in [0.2, 0.25) is 0 Å². The van der Waals surface area contributed by atoms with Gasteiger partial charge in [0.2, 0.25) is 0 Å². The SMILES string of the molecule is O=C(O)c1cccc2c(=O)c3ccccc3sc12. The molecule has 2 aromatic carbocycles. The second-order valence-corrected chi connectivity index (χ2v) is 4.97. The minimum atomic E-state index is -1.01. The van der Waals surface area contributed by atoms with Gasteiger partial charge in [0.05, 0.1) is 10.3 Å². The van der Waals surface area contributed by atoms with Gasteiger partial charge in [0.25, 0.3) is 0 Å². The van der Waals surface area contributed by atoms with Crippen LogP contribution in [-0.4, -0.2) is 11.1 Å². The normalized spacial score (nSPS) is 10.9. The Hall–Kier alpha value is -2.20. The Morgan fingerprint density at radius 2 is 1.72 bits per heavy atom. The molecule has 0 fully saturated rings. The molecule has 0 aliphatic rings. The van der Waals surface area contributed by atoms with E-state index < -0.39 is 5.97 Å². The molecule has 18 heavy (non-hydrogen) atoms. The van der Waals surface area contributed by atoms with Crippen molar-refractivity contribution in [2.45, 2.75) is 0 Å². The Kier molecular flexibility index (Phi) is 2.38. The van der Waals surface area contributed by atoms with E-state index in [1.54, 1.807) is 18.2 Å². The number of aromatic carboxylic acids is 1. The fraction of sp³-hybridized carbons (Fsp3) is 0. The van der Waals surface area contributed by atoms with Gasteiger partial charge in [-0.2, -0.15) is 0 Å². The van der Waals surface area contributed by atoms with Crippen LogP contribution in [0.1, 0.15) is 10.4 Å². The average molecular weight is 256 g/mol. The lowest BCUT2D eigenvalue weighted by Gasteiger charge is -2.03. The molecule has 0 saturated carbocycles. The van der Waals surface area contributed by atoms with E-state index in [0.717, 1.165) is 4.70 Å². The first-order valence-corrected chi connectivity index (χ1v) is 6.18. The van der Waals surface area contributed by atoms with Crippen molar-refractivity contribution in [1.29, 1.82) is 0 Å². The number of benzene rings is 2. The van der Waals surface area contributed by atoms with Crippen molar-refractivity contribution in [1.82, 2.24) is 0 Å².